The molecule has 0 saturated heterocycles. The Balaban J connectivity index is 1.91. The van der Waals surface area contributed by atoms with Crippen LogP contribution in [0.2, 0.25) is 0 Å². The first-order valence-corrected chi connectivity index (χ1v) is 13.7. The van der Waals surface area contributed by atoms with Crippen molar-refractivity contribution < 1.29 is 23.0 Å². The van der Waals surface area contributed by atoms with Crippen molar-refractivity contribution in [1.82, 2.24) is 9.55 Å². The van der Waals surface area contributed by atoms with Crippen molar-refractivity contribution in [3.63, 3.8) is 0 Å². The lowest BCUT2D eigenvalue weighted by Gasteiger charge is -2.21. The fraction of sp³-hybridized carbons (Fsp3) is 0.207. The number of hydrogen-bond acceptors (Lipinski definition) is 8. The average Bonchev–Trinajstić information content (AvgIpc) is 2.95. The third-order valence-corrected chi connectivity index (χ3v) is 8.02. The van der Waals surface area contributed by atoms with Crippen molar-refractivity contribution >= 4 is 9.84 Å². The highest BCUT2D eigenvalue weighted by Gasteiger charge is 2.31. The molecule has 10 heteroatoms. The zero-order valence-electron chi connectivity index (χ0n) is 21.7. The fourth-order valence-corrected chi connectivity index (χ4v) is 5.61. The highest BCUT2D eigenvalue weighted by atomic mass is 32.2. The smallest absolute Gasteiger partial charge is 0.296 e. The lowest BCUT2D eigenvalue weighted by molar-refractivity contribution is 0.374. The molecule has 1 N–H and O–H groups in total. The number of aromatic hydroxyl groups is 1. The summed E-state index contributed by atoms with van der Waals surface area (Å²) in [5.74, 6) is -0.0242. The highest BCUT2D eigenvalue weighted by molar-refractivity contribution is 7.91. The summed E-state index contributed by atoms with van der Waals surface area (Å²) >= 11 is 0. The first-order chi connectivity index (χ1) is 18.8. The first-order valence-electron chi connectivity index (χ1n) is 12.2. The minimum Gasteiger partial charge on any atom is -0.494 e. The van der Waals surface area contributed by atoms with Crippen LogP contribution in [0, 0.1) is 11.3 Å². The second-order valence-corrected chi connectivity index (χ2v) is 10.5. The standard InChI is InChI=1S/C29H27N3O6S/c1-4-5-12-25-31-28(33)27(29(34)32(25)26-23(37-2)10-7-11-24(26)38-3)39(35,36)22-15-13-20(14-16-22)21-9-6-8-19(17-21)18-30/h6-11,13-17,34H,4-5,12H2,1-3H3. The fourth-order valence-electron chi connectivity index (χ4n) is 4.27. The summed E-state index contributed by atoms with van der Waals surface area (Å²) < 4.78 is 39.6. The number of rotatable bonds is 9. The molecule has 0 bridgehead atoms. The zero-order valence-corrected chi connectivity index (χ0v) is 22.5. The molecule has 1 heterocycles. The van der Waals surface area contributed by atoms with Gasteiger partial charge in [0, 0.05) is 6.42 Å². The van der Waals surface area contributed by atoms with Crippen LogP contribution in [-0.4, -0.2) is 37.3 Å². The number of methoxy groups -OCH3 is 2. The molecule has 1 aromatic heterocycles. The number of para-hydroxylation sites is 1. The predicted molar refractivity (Wildman–Crippen MR) is 145 cm³/mol. The highest BCUT2D eigenvalue weighted by Crippen LogP contribution is 2.38. The second kappa shape index (κ2) is 11.4. The van der Waals surface area contributed by atoms with Crippen molar-refractivity contribution in [3.8, 4) is 40.3 Å². The molecule has 0 aliphatic carbocycles. The summed E-state index contributed by atoms with van der Waals surface area (Å²) in [6, 6.07) is 19.8. The molecule has 200 valence electrons. The lowest BCUT2D eigenvalue weighted by atomic mass is 10.0. The van der Waals surface area contributed by atoms with Gasteiger partial charge in [-0.2, -0.15) is 10.2 Å². The van der Waals surface area contributed by atoms with Gasteiger partial charge >= 0.3 is 0 Å². The molecular weight excluding hydrogens is 518 g/mol. The van der Waals surface area contributed by atoms with Gasteiger partial charge in [-0.15, -0.1) is 0 Å². The quantitative estimate of drug-likeness (QED) is 0.321. The van der Waals surface area contributed by atoms with E-state index in [1.807, 2.05) is 6.92 Å². The van der Waals surface area contributed by atoms with Gasteiger partial charge in [0.25, 0.3) is 5.56 Å². The summed E-state index contributed by atoms with van der Waals surface area (Å²) in [6.45, 7) is 1.96. The lowest BCUT2D eigenvalue weighted by Crippen LogP contribution is -2.25. The van der Waals surface area contributed by atoms with Crippen molar-refractivity contribution in [2.75, 3.05) is 14.2 Å². The molecule has 0 unspecified atom stereocenters. The Morgan fingerprint density at radius 3 is 2.21 bits per heavy atom. The van der Waals surface area contributed by atoms with Crippen LogP contribution in [0.1, 0.15) is 31.2 Å². The van der Waals surface area contributed by atoms with E-state index in [2.05, 4.69) is 11.1 Å². The topological polar surface area (TPSA) is 132 Å². The van der Waals surface area contributed by atoms with Gasteiger partial charge in [-0.1, -0.05) is 43.7 Å². The molecule has 9 nitrogen and oxygen atoms in total. The molecule has 0 fully saturated rings. The summed E-state index contributed by atoms with van der Waals surface area (Å²) in [7, 11) is -1.63. The molecule has 4 aromatic rings. The van der Waals surface area contributed by atoms with Gasteiger partial charge in [0.2, 0.25) is 15.7 Å². The van der Waals surface area contributed by atoms with Crippen molar-refractivity contribution in [2.45, 2.75) is 36.0 Å². The first kappa shape index (κ1) is 27.4. The van der Waals surface area contributed by atoms with Crippen LogP contribution in [0.4, 0.5) is 0 Å². The van der Waals surface area contributed by atoms with E-state index in [0.29, 0.717) is 35.5 Å². The molecule has 0 aliphatic heterocycles. The minimum atomic E-state index is -4.50. The number of aromatic nitrogens is 2. The van der Waals surface area contributed by atoms with E-state index in [-0.39, 0.29) is 16.4 Å². The maximum Gasteiger partial charge on any atom is 0.296 e. The number of unbranched alkanes of at least 4 members (excludes halogenated alkanes) is 1. The van der Waals surface area contributed by atoms with Gasteiger partial charge < -0.3 is 14.6 Å². The third-order valence-electron chi connectivity index (χ3n) is 6.24. The molecule has 4 rings (SSSR count). The molecule has 0 spiro atoms. The number of benzene rings is 3. The molecule has 39 heavy (non-hydrogen) atoms. The molecular formula is C29H27N3O6S. The number of ether oxygens (including phenoxy) is 2. The summed E-state index contributed by atoms with van der Waals surface area (Å²) in [6.07, 6.45) is 1.73. The molecule has 0 saturated carbocycles. The van der Waals surface area contributed by atoms with Crippen molar-refractivity contribution in [2.24, 2.45) is 0 Å². The zero-order chi connectivity index (χ0) is 28.2. The maximum absolute atomic E-state index is 13.7. The van der Waals surface area contributed by atoms with Gasteiger partial charge in [-0.3, -0.25) is 9.36 Å². The number of nitriles is 1. The second-order valence-electron chi connectivity index (χ2n) is 8.66. The molecule has 3 aromatic carbocycles. The molecule has 0 aliphatic rings. The van der Waals surface area contributed by atoms with Crippen LogP contribution in [-0.2, 0) is 16.3 Å². The van der Waals surface area contributed by atoms with E-state index in [9.17, 15) is 18.3 Å². The van der Waals surface area contributed by atoms with Crippen LogP contribution < -0.4 is 15.0 Å². The monoisotopic (exact) mass is 545 g/mol. The van der Waals surface area contributed by atoms with E-state index < -0.39 is 26.2 Å². The van der Waals surface area contributed by atoms with E-state index in [1.54, 1.807) is 54.6 Å². The Hall–Kier alpha value is -4.62. The normalized spacial score (nSPS) is 11.1. The van der Waals surface area contributed by atoms with E-state index in [4.69, 9.17) is 14.7 Å². The number of nitrogens with zero attached hydrogens (tertiary/aromatic N) is 3. The summed E-state index contributed by atoms with van der Waals surface area (Å²) in [5.41, 5.74) is 1.04. The predicted octanol–water partition coefficient (Wildman–Crippen LogP) is 4.67. The van der Waals surface area contributed by atoms with Crippen molar-refractivity contribution in [1.29, 1.82) is 5.26 Å². The summed E-state index contributed by atoms with van der Waals surface area (Å²) in [5, 5.41) is 20.6. The molecule has 0 amide bonds. The van der Waals surface area contributed by atoms with E-state index >= 15 is 0 Å². The maximum atomic E-state index is 13.7. The Morgan fingerprint density at radius 1 is 0.974 bits per heavy atom. The minimum absolute atomic E-state index is 0.175. The van der Waals surface area contributed by atoms with E-state index in [0.717, 1.165) is 12.0 Å². The number of sulfone groups is 1. The van der Waals surface area contributed by atoms with E-state index in [1.165, 1.54) is 30.9 Å². The van der Waals surface area contributed by atoms with Crippen LogP contribution in [0.25, 0.3) is 16.8 Å². The molecule has 0 radical (unpaired) electrons. The van der Waals surface area contributed by atoms with Crippen LogP contribution in [0.3, 0.4) is 0 Å². The molecule has 0 atom stereocenters. The van der Waals surface area contributed by atoms with Gasteiger partial charge in [0.05, 0.1) is 30.7 Å². The number of hydrogen-bond donors (Lipinski definition) is 1. The van der Waals surface area contributed by atoms with Crippen LogP contribution in [0.5, 0.6) is 17.4 Å². The van der Waals surface area contributed by atoms with Gasteiger partial charge in [-0.25, -0.2) is 8.42 Å². The van der Waals surface area contributed by atoms with Crippen molar-refractivity contribution in [3.05, 3.63) is 88.5 Å². The Morgan fingerprint density at radius 2 is 1.62 bits per heavy atom. The number of aryl methyl sites for hydroxylation is 1. The SMILES string of the molecule is CCCCc1nc(=O)c(S(=O)(=O)c2ccc(-c3cccc(C#N)c3)cc2)c(O)n1-c1c(OC)cccc1OC. The van der Waals surface area contributed by atoms with Crippen LogP contribution in [0.15, 0.2) is 81.3 Å². The van der Waals surface area contributed by atoms with Gasteiger partial charge in [0.15, 0.2) is 4.90 Å². The third kappa shape index (κ3) is 5.22. The van der Waals surface area contributed by atoms with Gasteiger partial charge in [0.1, 0.15) is 23.0 Å². The largest absolute Gasteiger partial charge is 0.494 e. The van der Waals surface area contributed by atoms with Crippen LogP contribution >= 0.6 is 0 Å². The Kier molecular flexibility index (Phi) is 8.02. The average molecular weight is 546 g/mol. The Labute approximate surface area is 226 Å². The summed E-state index contributed by atoms with van der Waals surface area (Å²) in [4.78, 5) is 16.2. The Bertz CT molecular complexity index is 1700. The van der Waals surface area contributed by atoms with Gasteiger partial charge in [-0.05, 0) is 53.9 Å².